The van der Waals surface area contributed by atoms with Crippen molar-refractivity contribution in [1.29, 1.82) is 5.26 Å². The predicted molar refractivity (Wildman–Crippen MR) is 91.8 cm³/mol. The molecular weight excluding hydrogens is 318 g/mol. The van der Waals surface area contributed by atoms with Gasteiger partial charge in [-0.15, -0.1) is 5.10 Å². The molecule has 0 aromatic carbocycles. The second-order valence-corrected chi connectivity index (χ2v) is 6.29. The van der Waals surface area contributed by atoms with Crippen LogP contribution in [0.4, 0.5) is 5.82 Å². The van der Waals surface area contributed by atoms with Crippen molar-refractivity contribution >= 4 is 11.7 Å². The summed E-state index contributed by atoms with van der Waals surface area (Å²) >= 11 is 0. The molecule has 2 aromatic heterocycles. The molecular formula is C18H21N5O2. The second kappa shape index (κ2) is 6.93. The van der Waals surface area contributed by atoms with Gasteiger partial charge < -0.3 is 14.6 Å². The number of hydrogen-bond acceptors (Lipinski definition) is 6. The van der Waals surface area contributed by atoms with Crippen LogP contribution in [0.3, 0.4) is 0 Å². The minimum Gasteiger partial charge on any atom is -0.462 e. The summed E-state index contributed by atoms with van der Waals surface area (Å²) in [7, 11) is 0. The van der Waals surface area contributed by atoms with Gasteiger partial charge in [0.1, 0.15) is 23.2 Å². The number of carbonyl (C=O) groups excluding carboxylic acids is 1. The highest BCUT2D eigenvalue weighted by molar-refractivity contribution is 5.72. The highest BCUT2D eigenvalue weighted by Gasteiger charge is 2.32. The van der Waals surface area contributed by atoms with E-state index >= 15 is 0 Å². The number of nitrogens with one attached hydrogen (secondary N) is 1. The third-order valence-corrected chi connectivity index (χ3v) is 4.60. The monoisotopic (exact) mass is 339 g/mol. The molecule has 0 radical (unpaired) electrons. The zero-order valence-electron chi connectivity index (χ0n) is 14.7. The van der Waals surface area contributed by atoms with Crippen LogP contribution in [0.2, 0.25) is 0 Å². The number of hydrogen-bond donors (Lipinski definition) is 1. The van der Waals surface area contributed by atoms with Crippen LogP contribution < -0.4 is 10.2 Å². The maximum absolute atomic E-state index is 11.0. The smallest absolute Gasteiger partial charge is 0.217 e. The van der Waals surface area contributed by atoms with Gasteiger partial charge in [-0.1, -0.05) is 0 Å². The molecule has 1 aliphatic heterocycles. The van der Waals surface area contributed by atoms with Crippen molar-refractivity contribution in [3.8, 4) is 6.07 Å². The molecule has 1 unspecified atom stereocenters. The number of amides is 1. The number of rotatable bonds is 4. The first kappa shape index (κ1) is 17.0. The van der Waals surface area contributed by atoms with E-state index in [1.54, 1.807) is 0 Å². The molecule has 1 fully saturated rings. The maximum Gasteiger partial charge on any atom is 0.217 e. The van der Waals surface area contributed by atoms with Gasteiger partial charge in [0.2, 0.25) is 5.91 Å². The van der Waals surface area contributed by atoms with E-state index in [0.29, 0.717) is 23.7 Å². The molecule has 1 aliphatic rings. The third kappa shape index (κ3) is 3.33. The zero-order chi connectivity index (χ0) is 18.0. The minimum atomic E-state index is -0.0930. The molecule has 0 bridgehead atoms. The van der Waals surface area contributed by atoms with Gasteiger partial charge in [0.05, 0.1) is 18.3 Å². The molecule has 25 heavy (non-hydrogen) atoms. The summed E-state index contributed by atoms with van der Waals surface area (Å²) in [5, 5.41) is 20.8. The van der Waals surface area contributed by atoms with E-state index in [4.69, 9.17) is 4.42 Å². The van der Waals surface area contributed by atoms with Crippen molar-refractivity contribution in [2.45, 2.75) is 46.2 Å². The van der Waals surface area contributed by atoms with E-state index < -0.39 is 0 Å². The first-order valence-corrected chi connectivity index (χ1v) is 8.35. The maximum atomic E-state index is 11.0. The summed E-state index contributed by atoms with van der Waals surface area (Å²) in [6.07, 6.45) is 1.92. The van der Waals surface area contributed by atoms with E-state index in [-0.39, 0.29) is 11.9 Å². The predicted octanol–water partition coefficient (Wildman–Crippen LogP) is 2.54. The van der Waals surface area contributed by atoms with Crippen LogP contribution >= 0.6 is 0 Å². The van der Waals surface area contributed by atoms with Gasteiger partial charge in [0.25, 0.3) is 0 Å². The summed E-state index contributed by atoms with van der Waals surface area (Å²) in [5.41, 5.74) is 2.21. The molecule has 0 spiro atoms. The number of nitriles is 1. The largest absolute Gasteiger partial charge is 0.462 e. The van der Waals surface area contributed by atoms with Gasteiger partial charge in [-0.3, -0.25) is 4.79 Å². The third-order valence-electron chi connectivity index (χ3n) is 4.60. The summed E-state index contributed by atoms with van der Waals surface area (Å²) in [6, 6.07) is 6.10. The molecule has 3 rings (SSSR count). The lowest BCUT2D eigenvalue weighted by Gasteiger charge is -2.25. The number of aryl methyl sites for hydroxylation is 1. The highest BCUT2D eigenvalue weighted by Crippen LogP contribution is 2.37. The molecule has 0 saturated carbocycles. The SMILES string of the molecule is CC(=O)NCc1ccc(C2CCCN2c2nnc(C)c(C)c2C#N)o1. The quantitative estimate of drug-likeness (QED) is 0.920. The number of carbonyl (C=O) groups is 1. The fraction of sp³-hybridized carbons (Fsp3) is 0.444. The Balaban J connectivity index is 1.88. The Morgan fingerprint density at radius 1 is 1.44 bits per heavy atom. The van der Waals surface area contributed by atoms with E-state index in [9.17, 15) is 10.1 Å². The first-order valence-electron chi connectivity index (χ1n) is 8.35. The lowest BCUT2D eigenvalue weighted by molar-refractivity contribution is -0.119. The van der Waals surface area contributed by atoms with Crippen molar-refractivity contribution < 1.29 is 9.21 Å². The molecule has 7 heteroatoms. The Kier molecular flexibility index (Phi) is 4.70. The fourth-order valence-electron chi connectivity index (χ4n) is 3.13. The van der Waals surface area contributed by atoms with Gasteiger partial charge in [0, 0.05) is 13.5 Å². The van der Waals surface area contributed by atoms with Crippen LogP contribution in [0.1, 0.15) is 54.1 Å². The summed E-state index contributed by atoms with van der Waals surface area (Å²) in [4.78, 5) is 13.1. The number of furan rings is 1. The molecule has 130 valence electrons. The van der Waals surface area contributed by atoms with E-state index in [1.165, 1.54) is 6.92 Å². The average molecular weight is 339 g/mol. The van der Waals surface area contributed by atoms with E-state index in [1.807, 2.05) is 26.0 Å². The Morgan fingerprint density at radius 3 is 2.96 bits per heavy atom. The van der Waals surface area contributed by atoms with E-state index in [0.717, 1.165) is 36.4 Å². The molecule has 1 amide bonds. The Morgan fingerprint density at radius 2 is 2.24 bits per heavy atom. The van der Waals surface area contributed by atoms with Gasteiger partial charge in [0.15, 0.2) is 5.82 Å². The number of nitrogens with zero attached hydrogens (tertiary/aromatic N) is 4. The van der Waals surface area contributed by atoms with Gasteiger partial charge in [-0.05, 0) is 44.4 Å². The minimum absolute atomic E-state index is 0.0228. The van der Waals surface area contributed by atoms with Crippen molar-refractivity contribution in [1.82, 2.24) is 15.5 Å². The van der Waals surface area contributed by atoms with Gasteiger partial charge >= 0.3 is 0 Å². The second-order valence-electron chi connectivity index (χ2n) is 6.29. The van der Waals surface area contributed by atoms with Gasteiger partial charge in [-0.25, -0.2) is 0 Å². The van der Waals surface area contributed by atoms with Crippen LogP contribution in [-0.2, 0) is 11.3 Å². The fourth-order valence-corrected chi connectivity index (χ4v) is 3.13. The molecule has 3 heterocycles. The van der Waals surface area contributed by atoms with Crippen molar-refractivity contribution in [3.63, 3.8) is 0 Å². The highest BCUT2D eigenvalue weighted by atomic mass is 16.3. The molecule has 1 N–H and O–H groups in total. The number of anilines is 1. The topological polar surface area (TPSA) is 95.0 Å². The summed E-state index contributed by atoms with van der Waals surface area (Å²) in [6.45, 7) is 6.41. The standard InChI is InChI=1S/C18H21N5O2/c1-11-12(2)21-22-18(15(11)9-19)23-8-4-5-16(23)17-7-6-14(25-17)10-20-13(3)24/h6-7,16H,4-5,8,10H2,1-3H3,(H,20,24). The summed E-state index contributed by atoms with van der Waals surface area (Å²) < 4.78 is 5.91. The Bertz CT molecular complexity index is 836. The van der Waals surface area contributed by atoms with Crippen molar-refractivity contribution in [2.24, 2.45) is 0 Å². The van der Waals surface area contributed by atoms with Crippen molar-refractivity contribution in [2.75, 3.05) is 11.4 Å². The normalized spacial score (nSPS) is 16.7. The van der Waals surface area contributed by atoms with Crippen molar-refractivity contribution in [3.05, 3.63) is 40.5 Å². The average Bonchev–Trinajstić information content (AvgIpc) is 3.23. The van der Waals surface area contributed by atoms with Crippen LogP contribution in [0.15, 0.2) is 16.5 Å². The van der Waals surface area contributed by atoms with E-state index in [2.05, 4.69) is 26.5 Å². The number of aromatic nitrogens is 2. The molecule has 7 nitrogen and oxygen atoms in total. The zero-order valence-corrected chi connectivity index (χ0v) is 14.7. The molecule has 2 aromatic rings. The van der Waals surface area contributed by atoms with Gasteiger partial charge in [-0.2, -0.15) is 10.4 Å². The van der Waals surface area contributed by atoms with Crippen LogP contribution in [-0.4, -0.2) is 22.6 Å². The van der Waals surface area contributed by atoms with Crippen LogP contribution in [0.5, 0.6) is 0 Å². The first-order chi connectivity index (χ1) is 12.0. The summed E-state index contributed by atoms with van der Waals surface area (Å²) in [5.74, 6) is 2.06. The Labute approximate surface area is 146 Å². The van der Waals surface area contributed by atoms with Crippen LogP contribution in [0.25, 0.3) is 0 Å². The Hall–Kier alpha value is -2.88. The molecule has 0 aliphatic carbocycles. The lowest BCUT2D eigenvalue weighted by Crippen LogP contribution is -2.25. The van der Waals surface area contributed by atoms with Crippen LogP contribution in [0, 0.1) is 25.2 Å². The molecule has 1 atom stereocenters. The molecule has 1 saturated heterocycles. The lowest BCUT2D eigenvalue weighted by atomic mass is 10.1.